The zero-order valence-electron chi connectivity index (χ0n) is 13.6. The number of nitrogens with zero attached hydrogens (tertiary/aromatic N) is 3. The van der Waals surface area contributed by atoms with Gasteiger partial charge in [0.2, 0.25) is 0 Å². The summed E-state index contributed by atoms with van der Waals surface area (Å²) in [7, 11) is 0. The number of carbonyl (C=O) groups excluding carboxylic acids is 1. The summed E-state index contributed by atoms with van der Waals surface area (Å²) in [6.45, 7) is 2.44. The fourth-order valence-electron chi connectivity index (χ4n) is 3.19. The molecule has 2 heterocycles. The number of hydrogen-bond acceptors (Lipinski definition) is 3. The second-order valence-corrected chi connectivity index (χ2v) is 6.03. The molecule has 1 aromatic heterocycles. The second kappa shape index (κ2) is 6.51. The molecule has 0 aliphatic carbocycles. The van der Waals surface area contributed by atoms with Gasteiger partial charge in [0, 0.05) is 19.3 Å². The van der Waals surface area contributed by atoms with E-state index in [1.54, 1.807) is 10.9 Å². The van der Waals surface area contributed by atoms with Crippen LogP contribution in [0.25, 0.3) is 0 Å². The van der Waals surface area contributed by atoms with Crippen molar-refractivity contribution >= 4 is 5.91 Å². The molecule has 0 radical (unpaired) electrons. The van der Waals surface area contributed by atoms with Crippen molar-refractivity contribution in [3.63, 3.8) is 0 Å². The third kappa shape index (κ3) is 3.39. The Morgan fingerprint density at radius 1 is 1.36 bits per heavy atom. The van der Waals surface area contributed by atoms with Gasteiger partial charge in [-0.1, -0.05) is 18.2 Å². The number of alkyl halides is 3. The summed E-state index contributed by atoms with van der Waals surface area (Å²) in [5.41, 5.74) is -0.482. The van der Waals surface area contributed by atoms with E-state index in [4.69, 9.17) is 0 Å². The van der Waals surface area contributed by atoms with Crippen molar-refractivity contribution in [1.29, 1.82) is 0 Å². The summed E-state index contributed by atoms with van der Waals surface area (Å²) in [5, 5.41) is 14.0. The van der Waals surface area contributed by atoms with E-state index in [2.05, 4.69) is 5.10 Å². The first kappa shape index (κ1) is 17.5. The summed E-state index contributed by atoms with van der Waals surface area (Å²) in [5.74, 6) is -0.432. The molecule has 134 valence electrons. The van der Waals surface area contributed by atoms with Crippen molar-refractivity contribution in [3.8, 4) is 0 Å². The Kier molecular flexibility index (Phi) is 4.55. The van der Waals surface area contributed by atoms with E-state index in [0.29, 0.717) is 12.1 Å². The summed E-state index contributed by atoms with van der Waals surface area (Å²) in [6, 6.07) is 4.35. The predicted octanol–water partition coefficient (Wildman–Crippen LogP) is 2.87. The molecular weight excluding hydrogens is 335 g/mol. The van der Waals surface area contributed by atoms with Gasteiger partial charge in [-0.2, -0.15) is 18.3 Å². The van der Waals surface area contributed by atoms with E-state index in [0.717, 1.165) is 6.07 Å². The second-order valence-electron chi connectivity index (χ2n) is 6.03. The number of carbonyl (C=O) groups is 1. The number of aryl methyl sites for hydroxylation is 1. The highest BCUT2D eigenvalue weighted by molar-refractivity contribution is 5.94. The van der Waals surface area contributed by atoms with Gasteiger partial charge in [0.25, 0.3) is 5.91 Å². The number of hydrogen-bond donors (Lipinski definition) is 1. The van der Waals surface area contributed by atoms with Gasteiger partial charge in [0.15, 0.2) is 0 Å². The lowest BCUT2D eigenvalue weighted by atomic mass is 9.97. The Bertz CT molecular complexity index is 772. The molecule has 1 amide bonds. The van der Waals surface area contributed by atoms with Gasteiger partial charge in [-0.3, -0.25) is 9.48 Å². The van der Waals surface area contributed by atoms with Gasteiger partial charge in [0.05, 0.1) is 29.5 Å². The monoisotopic (exact) mass is 353 g/mol. The SMILES string of the molecule is CCn1cc(C(=O)N2C[C@@H](O)C[C@@H]2c2ccccc2C(F)(F)F)cn1. The fourth-order valence-corrected chi connectivity index (χ4v) is 3.19. The molecule has 0 bridgehead atoms. The maximum absolute atomic E-state index is 13.3. The standard InChI is InChI=1S/C17H18F3N3O2/c1-2-22-9-11(8-21-22)16(25)23-10-12(24)7-15(23)13-5-3-4-6-14(13)17(18,19)20/h3-6,8-9,12,15,24H,2,7,10H2,1H3/t12-,15+/m0/s1. The summed E-state index contributed by atoms with van der Waals surface area (Å²) in [6.07, 6.45) is -2.37. The molecule has 2 aromatic rings. The Balaban J connectivity index is 1.97. The Hall–Kier alpha value is -2.35. The van der Waals surface area contributed by atoms with Crippen LogP contribution in [0.4, 0.5) is 13.2 Å². The lowest BCUT2D eigenvalue weighted by Gasteiger charge is -2.26. The number of β-amino-alcohol motifs (C(OH)–C–C–N with tert-alkyl or cyclic N) is 1. The summed E-state index contributed by atoms with van der Waals surface area (Å²) >= 11 is 0. The average molecular weight is 353 g/mol. The number of benzene rings is 1. The van der Waals surface area contributed by atoms with Crippen molar-refractivity contribution in [3.05, 3.63) is 53.3 Å². The van der Waals surface area contributed by atoms with Crippen molar-refractivity contribution in [2.45, 2.75) is 38.2 Å². The van der Waals surface area contributed by atoms with Crippen LogP contribution in [0.2, 0.25) is 0 Å². The quantitative estimate of drug-likeness (QED) is 0.923. The van der Waals surface area contributed by atoms with Crippen LogP contribution in [0.3, 0.4) is 0 Å². The topological polar surface area (TPSA) is 58.4 Å². The average Bonchev–Trinajstić information content (AvgIpc) is 3.20. The van der Waals surface area contributed by atoms with Gasteiger partial charge in [-0.25, -0.2) is 0 Å². The minimum Gasteiger partial charge on any atom is -0.391 e. The van der Waals surface area contributed by atoms with Gasteiger partial charge in [0.1, 0.15) is 0 Å². The zero-order valence-corrected chi connectivity index (χ0v) is 13.6. The molecule has 1 aromatic carbocycles. The molecule has 0 unspecified atom stereocenters. The van der Waals surface area contributed by atoms with Crippen LogP contribution < -0.4 is 0 Å². The highest BCUT2D eigenvalue weighted by Crippen LogP contribution is 2.40. The van der Waals surface area contributed by atoms with Crippen molar-refractivity contribution in [2.75, 3.05) is 6.54 Å². The molecule has 8 heteroatoms. The van der Waals surface area contributed by atoms with Gasteiger partial charge >= 0.3 is 6.18 Å². The van der Waals surface area contributed by atoms with E-state index in [1.807, 2.05) is 6.92 Å². The molecule has 1 saturated heterocycles. The van der Waals surface area contributed by atoms with Gasteiger partial charge in [-0.05, 0) is 25.0 Å². The third-order valence-electron chi connectivity index (χ3n) is 4.37. The highest BCUT2D eigenvalue weighted by Gasteiger charge is 2.41. The lowest BCUT2D eigenvalue weighted by Crippen LogP contribution is -2.32. The van der Waals surface area contributed by atoms with E-state index < -0.39 is 29.8 Å². The molecule has 0 spiro atoms. The van der Waals surface area contributed by atoms with Crippen LogP contribution in [0.1, 0.15) is 40.9 Å². The summed E-state index contributed by atoms with van der Waals surface area (Å²) < 4.78 is 41.5. The largest absolute Gasteiger partial charge is 0.416 e. The lowest BCUT2D eigenvalue weighted by molar-refractivity contribution is -0.138. The normalized spacial score (nSPS) is 20.9. The van der Waals surface area contributed by atoms with E-state index in [9.17, 15) is 23.1 Å². The maximum atomic E-state index is 13.3. The fraction of sp³-hybridized carbons (Fsp3) is 0.412. The molecule has 25 heavy (non-hydrogen) atoms. The molecule has 1 fully saturated rings. The van der Waals surface area contributed by atoms with Gasteiger partial charge in [-0.15, -0.1) is 0 Å². The first-order chi connectivity index (χ1) is 11.8. The smallest absolute Gasteiger partial charge is 0.391 e. The number of halogens is 3. The number of likely N-dealkylation sites (tertiary alicyclic amines) is 1. The van der Waals surface area contributed by atoms with Crippen LogP contribution >= 0.6 is 0 Å². The predicted molar refractivity (Wildman–Crippen MR) is 83.7 cm³/mol. The van der Waals surface area contributed by atoms with Crippen molar-refractivity contribution in [2.24, 2.45) is 0 Å². The van der Waals surface area contributed by atoms with E-state index in [-0.39, 0.29) is 18.5 Å². The highest BCUT2D eigenvalue weighted by atomic mass is 19.4. The molecule has 5 nitrogen and oxygen atoms in total. The number of aliphatic hydroxyl groups excluding tert-OH is 1. The molecule has 2 atom stereocenters. The third-order valence-corrected chi connectivity index (χ3v) is 4.37. The van der Waals surface area contributed by atoms with Crippen molar-refractivity contribution in [1.82, 2.24) is 14.7 Å². The minimum absolute atomic E-state index is 0.00258. The van der Waals surface area contributed by atoms with Crippen LogP contribution in [0.5, 0.6) is 0 Å². The number of aromatic nitrogens is 2. The van der Waals surface area contributed by atoms with E-state index in [1.165, 1.54) is 29.3 Å². The molecular formula is C17H18F3N3O2. The number of rotatable bonds is 3. The van der Waals surface area contributed by atoms with Crippen LogP contribution in [-0.2, 0) is 12.7 Å². The maximum Gasteiger partial charge on any atom is 0.416 e. The van der Waals surface area contributed by atoms with Crippen LogP contribution in [0, 0.1) is 0 Å². The van der Waals surface area contributed by atoms with Crippen molar-refractivity contribution < 1.29 is 23.1 Å². The molecule has 3 rings (SSSR count). The first-order valence-corrected chi connectivity index (χ1v) is 7.99. The Morgan fingerprint density at radius 3 is 2.72 bits per heavy atom. The molecule has 1 aliphatic rings. The number of amides is 1. The van der Waals surface area contributed by atoms with Crippen LogP contribution in [0.15, 0.2) is 36.7 Å². The molecule has 0 saturated carbocycles. The van der Waals surface area contributed by atoms with E-state index >= 15 is 0 Å². The molecule has 1 N–H and O–H groups in total. The summed E-state index contributed by atoms with van der Waals surface area (Å²) in [4.78, 5) is 14.0. The zero-order chi connectivity index (χ0) is 18.2. The Morgan fingerprint density at radius 2 is 2.08 bits per heavy atom. The first-order valence-electron chi connectivity index (χ1n) is 7.99. The Labute approximate surface area is 142 Å². The number of aliphatic hydroxyl groups is 1. The van der Waals surface area contributed by atoms with Gasteiger partial charge < -0.3 is 10.0 Å². The molecule has 1 aliphatic heterocycles. The van der Waals surface area contributed by atoms with Crippen LogP contribution in [-0.4, -0.2) is 38.3 Å². The minimum atomic E-state index is -4.52.